The summed E-state index contributed by atoms with van der Waals surface area (Å²) in [6.45, 7) is 10.8. The molecule has 0 N–H and O–H groups in total. The Labute approximate surface area is 214 Å². The standard InChI is InChI=1S/C30H38O6/c1-5-30(17-33-18-30)19-34-24-11-13-25(14-12-24)35-28(31)22-7-9-23(10-8-22)29(32)36-27-16-21(4)6-15-26(27)20(2)3/h7-14,20-21,26-27H,5-6,15-19H2,1-4H3. The zero-order valence-corrected chi connectivity index (χ0v) is 21.8. The second kappa shape index (κ2) is 11.5. The summed E-state index contributed by atoms with van der Waals surface area (Å²) in [5, 5.41) is 0. The molecule has 0 bridgehead atoms. The number of hydrogen-bond donors (Lipinski definition) is 0. The van der Waals surface area contributed by atoms with Crippen molar-refractivity contribution in [3.8, 4) is 11.5 Å². The van der Waals surface area contributed by atoms with Gasteiger partial charge in [-0.05, 0) is 85.5 Å². The van der Waals surface area contributed by atoms with E-state index >= 15 is 0 Å². The Morgan fingerprint density at radius 2 is 1.56 bits per heavy atom. The van der Waals surface area contributed by atoms with Crippen molar-refractivity contribution in [1.82, 2.24) is 0 Å². The SMILES string of the molecule is CCC1(COc2ccc(OC(=O)c3ccc(C(=O)OC4CC(C)CCC4C(C)C)cc3)cc2)COC1. The Morgan fingerprint density at radius 3 is 2.11 bits per heavy atom. The molecule has 1 aliphatic carbocycles. The maximum Gasteiger partial charge on any atom is 0.343 e. The number of carbonyl (C=O) groups excluding carboxylic acids is 2. The van der Waals surface area contributed by atoms with Crippen molar-refractivity contribution in [1.29, 1.82) is 0 Å². The average molecular weight is 495 g/mol. The largest absolute Gasteiger partial charge is 0.493 e. The van der Waals surface area contributed by atoms with Crippen molar-refractivity contribution in [2.24, 2.45) is 23.2 Å². The van der Waals surface area contributed by atoms with E-state index in [0.29, 0.717) is 41.2 Å². The van der Waals surface area contributed by atoms with Crippen LogP contribution in [0.5, 0.6) is 11.5 Å². The first-order valence-electron chi connectivity index (χ1n) is 13.1. The summed E-state index contributed by atoms with van der Waals surface area (Å²) in [7, 11) is 0. The van der Waals surface area contributed by atoms with Crippen molar-refractivity contribution in [2.75, 3.05) is 19.8 Å². The van der Waals surface area contributed by atoms with E-state index < -0.39 is 5.97 Å². The van der Waals surface area contributed by atoms with Gasteiger partial charge >= 0.3 is 11.9 Å². The lowest BCUT2D eigenvalue weighted by Crippen LogP contribution is -2.46. The summed E-state index contributed by atoms with van der Waals surface area (Å²) >= 11 is 0. The van der Waals surface area contributed by atoms with Crippen LogP contribution in [-0.4, -0.2) is 37.9 Å². The van der Waals surface area contributed by atoms with Gasteiger partial charge in [-0.1, -0.05) is 34.1 Å². The van der Waals surface area contributed by atoms with Crippen LogP contribution in [-0.2, 0) is 9.47 Å². The zero-order valence-electron chi connectivity index (χ0n) is 21.8. The quantitative estimate of drug-likeness (QED) is 0.300. The van der Waals surface area contributed by atoms with Gasteiger partial charge in [-0.3, -0.25) is 0 Å². The molecule has 2 aromatic carbocycles. The van der Waals surface area contributed by atoms with Crippen LogP contribution in [0.1, 0.15) is 74.1 Å². The topological polar surface area (TPSA) is 71.1 Å². The third-order valence-corrected chi connectivity index (χ3v) is 7.72. The van der Waals surface area contributed by atoms with Gasteiger partial charge in [-0.25, -0.2) is 9.59 Å². The Hall–Kier alpha value is -2.86. The lowest BCUT2D eigenvalue weighted by Gasteiger charge is -2.40. The number of hydrogen-bond acceptors (Lipinski definition) is 6. The molecule has 3 unspecified atom stereocenters. The van der Waals surface area contributed by atoms with Crippen LogP contribution < -0.4 is 9.47 Å². The second-order valence-electron chi connectivity index (χ2n) is 10.8. The van der Waals surface area contributed by atoms with Gasteiger partial charge in [0.05, 0.1) is 36.4 Å². The fraction of sp³-hybridized carbons (Fsp3) is 0.533. The number of benzene rings is 2. The van der Waals surface area contributed by atoms with E-state index in [4.69, 9.17) is 18.9 Å². The first kappa shape index (κ1) is 26.2. The van der Waals surface area contributed by atoms with E-state index in [1.165, 1.54) is 6.42 Å². The highest BCUT2D eigenvalue weighted by Gasteiger charge is 2.37. The fourth-order valence-electron chi connectivity index (χ4n) is 4.98. The predicted octanol–water partition coefficient (Wildman–Crippen LogP) is 6.33. The number of esters is 2. The molecule has 3 atom stereocenters. The molecular weight excluding hydrogens is 456 g/mol. The highest BCUT2D eigenvalue weighted by Crippen LogP contribution is 2.36. The molecule has 4 rings (SSSR count). The highest BCUT2D eigenvalue weighted by atomic mass is 16.5. The average Bonchev–Trinajstić information content (AvgIpc) is 2.84. The monoisotopic (exact) mass is 494 g/mol. The molecule has 6 nitrogen and oxygen atoms in total. The normalized spacial score (nSPS) is 23.0. The third-order valence-electron chi connectivity index (χ3n) is 7.72. The fourth-order valence-corrected chi connectivity index (χ4v) is 4.98. The van der Waals surface area contributed by atoms with E-state index in [0.717, 1.165) is 38.2 Å². The van der Waals surface area contributed by atoms with E-state index in [-0.39, 0.29) is 17.5 Å². The van der Waals surface area contributed by atoms with Gasteiger partial charge in [-0.2, -0.15) is 0 Å². The maximum absolute atomic E-state index is 12.8. The van der Waals surface area contributed by atoms with Crippen LogP contribution in [0.3, 0.4) is 0 Å². The van der Waals surface area contributed by atoms with Crippen molar-refractivity contribution in [3.05, 3.63) is 59.7 Å². The van der Waals surface area contributed by atoms with Gasteiger partial charge in [0.2, 0.25) is 0 Å². The van der Waals surface area contributed by atoms with Crippen LogP contribution in [0.25, 0.3) is 0 Å². The summed E-state index contributed by atoms with van der Waals surface area (Å²) < 4.78 is 22.6. The molecule has 0 aromatic heterocycles. The van der Waals surface area contributed by atoms with Crippen molar-refractivity contribution in [2.45, 2.75) is 59.5 Å². The number of carbonyl (C=O) groups is 2. The number of ether oxygens (including phenoxy) is 4. The van der Waals surface area contributed by atoms with Gasteiger partial charge in [0, 0.05) is 0 Å². The summed E-state index contributed by atoms with van der Waals surface area (Å²) in [6, 6.07) is 13.5. The van der Waals surface area contributed by atoms with Crippen LogP contribution in [0.15, 0.2) is 48.5 Å². The van der Waals surface area contributed by atoms with Gasteiger partial charge in [-0.15, -0.1) is 0 Å². The minimum absolute atomic E-state index is 0.0626. The van der Waals surface area contributed by atoms with Crippen molar-refractivity contribution in [3.63, 3.8) is 0 Å². The van der Waals surface area contributed by atoms with E-state index in [9.17, 15) is 9.59 Å². The molecule has 2 aromatic rings. The minimum Gasteiger partial charge on any atom is -0.493 e. The van der Waals surface area contributed by atoms with Crippen LogP contribution in [0.4, 0.5) is 0 Å². The Kier molecular flexibility index (Phi) is 8.35. The third kappa shape index (κ3) is 6.28. The van der Waals surface area contributed by atoms with Gasteiger partial charge in [0.15, 0.2) is 0 Å². The summed E-state index contributed by atoms with van der Waals surface area (Å²) in [5.41, 5.74) is 0.915. The molecule has 36 heavy (non-hydrogen) atoms. The first-order valence-corrected chi connectivity index (χ1v) is 13.1. The molecule has 0 radical (unpaired) electrons. The predicted molar refractivity (Wildman–Crippen MR) is 137 cm³/mol. The van der Waals surface area contributed by atoms with E-state index in [1.807, 2.05) is 0 Å². The molecule has 1 saturated heterocycles. The van der Waals surface area contributed by atoms with Gasteiger partial charge < -0.3 is 18.9 Å². The molecule has 1 aliphatic heterocycles. The molecule has 0 amide bonds. The number of rotatable bonds is 9. The molecule has 1 saturated carbocycles. The van der Waals surface area contributed by atoms with E-state index in [2.05, 4.69) is 27.7 Å². The Balaban J connectivity index is 1.30. The molecule has 1 heterocycles. The Bertz CT molecular complexity index is 1020. The maximum atomic E-state index is 12.8. The van der Waals surface area contributed by atoms with Crippen molar-refractivity contribution >= 4 is 11.9 Å². The zero-order chi connectivity index (χ0) is 25.7. The summed E-state index contributed by atoms with van der Waals surface area (Å²) in [5.74, 6) is 1.74. The molecular formula is C30H38O6. The van der Waals surface area contributed by atoms with E-state index in [1.54, 1.807) is 48.5 Å². The van der Waals surface area contributed by atoms with Gasteiger partial charge in [0.25, 0.3) is 0 Å². The highest BCUT2D eigenvalue weighted by molar-refractivity contribution is 5.94. The molecule has 0 spiro atoms. The lowest BCUT2D eigenvalue weighted by atomic mass is 9.75. The molecule has 2 aliphatic rings. The van der Waals surface area contributed by atoms with Crippen LogP contribution in [0.2, 0.25) is 0 Å². The van der Waals surface area contributed by atoms with Crippen LogP contribution >= 0.6 is 0 Å². The van der Waals surface area contributed by atoms with Gasteiger partial charge in [0.1, 0.15) is 17.6 Å². The molecule has 6 heteroatoms. The molecule has 194 valence electrons. The summed E-state index contributed by atoms with van der Waals surface area (Å²) in [6.07, 6.45) is 4.11. The molecule has 2 fully saturated rings. The van der Waals surface area contributed by atoms with Crippen molar-refractivity contribution < 1.29 is 28.5 Å². The lowest BCUT2D eigenvalue weighted by molar-refractivity contribution is -0.133. The first-order chi connectivity index (χ1) is 17.3. The Morgan fingerprint density at radius 1 is 0.944 bits per heavy atom. The minimum atomic E-state index is -0.485. The van der Waals surface area contributed by atoms with Crippen LogP contribution in [0, 0.1) is 23.2 Å². The smallest absolute Gasteiger partial charge is 0.343 e. The second-order valence-corrected chi connectivity index (χ2v) is 10.8. The summed E-state index contributed by atoms with van der Waals surface area (Å²) in [4.78, 5) is 25.4.